The van der Waals surface area contributed by atoms with Crippen LogP contribution in [0.15, 0.2) is 29.6 Å². The molecule has 116 valence electrons. The van der Waals surface area contributed by atoms with Crippen molar-refractivity contribution in [3.8, 4) is 5.75 Å². The number of carbonyl (C=O) groups is 1. The number of amides is 1. The molecular weight excluding hydrogens is 296 g/mol. The van der Waals surface area contributed by atoms with E-state index < -0.39 is 0 Å². The third kappa shape index (κ3) is 3.65. The zero-order valence-corrected chi connectivity index (χ0v) is 13.7. The van der Waals surface area contributed by atoms with Gasteiger partial charge < -0.3 is 9.64 Å². The fourth-order valence-electron chi connectivity index (χ4n) is 2.48. The van der Waals surface area contributed by atoms with Crippen LogP contribution in [-0.4, -0.2) is 28.9 Å². The molecule has 0 unspecified atom stereocenters. The molecule has 0 bridgehead atoms. The van der Waals surface area contributed by atoms with E-state index in [-0.39, 0.29) is 5.91 Å². The maximum Gasteiger partial charge on any atom is 0.229 e. The summed E-state index contributed by atoms with van der Waals surface area (Å²) in [5.41, 5.74) is 2.02. The molecule has 0 N–H and O–H groups in total. The number of benzene rings is 1. The van der Waals surface area contributed by atoms with Crippen molar-refractivity contribution < 1.29 is 9.53 Å². The summed E-state index contributed by atoms with van der Waals surface area (Å²) in [5, 5.41) is 2.99. The first-order chi connectivity index (χ1) is 10.7. The minimum Gasteiger partial charge on any atom is -0.497 e. The number of hydrogen-bond donors (Lipinski definition) is 0. The molecule has 1 aromatic heterocycles. The highest BCUT2D eigenvalue weighted by Crippen LogP contribution is 2.29. The van der Waals surface area contributed by atoms with E-state index in [9.17, 15) is 4.79 Å². The van der Waals surface area contributed by atoms with E-state index in [4.69, 9.17) is 4.74 Å². The summed E-state index contributed by atoms with van der Waals surface area (Å²) >= 11 is 1.59. The fraction of sp³-hybridized carbons (Fsp3) is 0.412. The third-order valence-corrected chi connectivity index (χ3v) is 4.64. The van der Waals surface area contributed by atoms with Gasteiger partial charge in [0.2, 0.25) is 5.91 Å². The lowest BCUT2D eigenvalue weighted by atomic mass is 10.2. The van der Waals surface area contributed by atoms with Crippen LogP contribution in [0.2, 0.25) is 0 Å². The van der Waals surface area contributed by atoms with Crippen LogP contribution < -0.4 is 4.74 Å². The Bertz CT molecular complexity index is 647. The largest absolute Gasteiger partial charge is 0.497 e. The van der Waals surface area contributed by atoms with Crippen molar-refractivity contribution in [3.63, 3.8) is 0 Å². The summed E-state index contributed by atoms with van der Waals surface area (Å²) in [4.78, 5) is 19.0. The first-order valence-corrected chi connectivity index (χ1v) is 8.37. The molecule has 5 heteroatoms. The maximum absolute atomic E-state index is 12.6. The van der Waals surface area contributed by atoms with E-state index in [1.54, 1.807) is 18.4 Å². The highest BCUT2D eigenvalue weighted by atomic mass is 32.1. The Labute approximate surface area is 134 Å². The fourth-order valence-corrected chi connectivity index (χ4v) is 3.09. The van der Waals surface area contributed by atoms with Crippen LogP contribution in [0.1, 0.15) is 29.1 Å². The van der Waals surface area contributed by atoms with Crippen molar-refractivity contribution in [2.75, 3.05) is 7.11 Å². The molecule has 1 aromatic carbocycles. The predicted octanol–water partition coefficient (Wildman–Crippen LogP) is 3.19. The molecule has 0 radical (unpaired) electrons. The molecule has 0 atom stereocenters. The molecule has 4 nitrogen and oxygen atoms in total. The lowest BCUT2D eigenvalue weighted by Crippen LogP contribution is -2.33. The molecule has 1 aliphatic carbocycles. The van der Waals surface area contributed by atoms with E-state index in [2.05, 4.69) is 4.98 Å². The Morgan fingerprint density at radius 1 is 1.36 bits per heavy atom. The van der Waals surface area contributed by atoms with Gasteiger partial charge in [0.25, 0.3) is 0 Å². The lowest BCUT2D eigenvalue weighted by molar-refractivity contribution is -0.131. The van der Waals surface area contributed by atoms with Gasteiger partial charge in [-0.2, -0.15) is 0 Å². The van der Waals surface area contributed by atoms with Gasteiger partial charge in [-0.05, 0) is 37.5 Å². The number of aryl methyl sites for hydroxylation is 1. The molecule has 1 fully saturated rings. The normalized spacial score (nSPS) is 13.9. The standard InChI is InChI=1S/C17H20N2O2S/c1-12-18-14(11-22-12)9-17(20)19(15-5-6-15)10-13-3-7-16(21-2)8-4-13/h3-4,7-8,11,15H,5-6,9-10H2,1-2H3. The SMILES string of the molecule is COc1ccc(CN(C(=O)Cc2csc(C)n2)C2CC2)cc1. The second-order valence-electron chi connectivity index (χ2n) is 5.64. The second kappa shape index (κ2) is 6.48. The van der Waals surface area contributed by atoms with Gasteiger partial charge in [-0.1, -0.05) is 12.1 Å². The van der Waals surface area contributed by atoms with Gasteiger partial charge in [-0.3, -0.25) is 4.79 Å². The van der Waals surface area contributed by atoms with E-state index in [0.717, 1.165) is 34.9 Å². The van der Waals surface area contributed by atoms with Crippen LogP contribution in [0.3, 0.4) is 0 Å². The van der Waals surface area contributed by atoms with Crippen molar-refractivity contribution in [1.82, 2.24) is 9.88 Å². The van der Waals surface area contributed by atoms with Gasteiger partial charge >= 0.3 is 0 Å². The van der Waals surface area contributed by atoms with Crippen molar-refractivity contribution in [1.29, 1.82) is 0 Å². The van der Waals surface area contributed by atoms with Crippen LogP contribution in [0.5, 0.6) is 5.75 Å². The molecule has 0 spiro atoms. The summed E-state index contributed by atoms with van der Waals surface area (Å²) in [6.45, 7) is 2.63. The monoisotopic (exact) mass is 316 g/mol. The zero-order valence-electron chi connectivity index (χ0n) is 12.9. The number of hydrogen-bond acceptors (Lipinski definition) is 4. The highest BCUT2D eigenvalue weighted by Gasteiger charge is 2.32. The smallest absolute Gasteiger partial charge is 0.229 e. The second-order valence-corrected chi connectivity index (χ2v) is 6.70. The van der Waals surface area contributed by atoms with Crippen LogP contribution in [0, 0.1) is 6.92 Å². The Balaban J connectivity index is 1.67. The summed E-state index contributed by atoms with van der Waals surface area (Å²) in [6.07, 6.45) is 2.62. The Hall–Kier alpha value is -1.88. The molecule has 1 aliphatic rings. The topological polar surface area (TPSA) is 42.4 Å². The molecule has 0 aliphatic heterocycles. The summed E-state index contributed by atoms with van der Waals surface area (Å²) < 4.78 is 5.18. The van der Waals surface area contributed by atoms with Gasteiger partial charge in [0.15, 0.2) is 0 Å². The molecule has 1 heterocycles. The van der Waals surface area contributed by atoms with Gasteiger partial charge in [0.05, 0.1) is 24.2 Å². The molecule has 3 rings (SSSR count). The molecule has 1 amide bonds. The summed E-state index contributed by atoms with van der Waals surface area (Å²) in [7, 11) is 1.66. The summed E-state index contributed by atoms with van der Waals surface area (Å²) in [5.74, 6) is 1.01. The number of carbonyl (C=O) groups excluding carboxylic acids is 1. The Kier molecular flexibility index (Phi) is 4.43. The van der Waals surface area contributed by atoms with Gasteiger partial charge in [-0.15, -0.1) is 11.3 Å². The highest BCUT2D eigenvalue weighted by molar-refractivity contribution is 7.09. The Morgan fingerprint density at radius 3 is 2.64 bits per heavy atom. The minimum absolute atomic E-state index is 0.170. The molecular formula is C17H20N2O2S. The van der Waals surface area contributed by atoms with E-state index in [1.807, 2.05) is 41.5 Å². The van der Waals surface area contributed by atoms with Crippen LogP contribution >= 0.6 is 11.3 Å². The number of rotatable bonds is 6. The minimum atomic E-state index is 0.170. The quantitative estimate of drug-likeness (QED) is 0.822. The average Bonchev–Trinajstić information content (AvgIpc) is 3.28. The molecule has 2 aromatic rings. The van der Waals surface area contributed by atoms with Crippen LogP contribution in [0.25, 0.3) is 0 Å². The first-order valence-electron chi connectivity index (χ1n) is 7.49. The number of methoxy groups -OCH3 is 1. The third-order valence-electron chi connectivity index (χ3n) is 3.82. The van der Waals surface area contributed by atoms with Crippen molar-refractivity contribution >= 4 is 17.2 Å². The maximum atomic E-state index is 12.6. The Morgan fingerprint density at radius 2 is 2.09 bits per heavy atom. The van der Waals surface area contributed by atoms with Crippen molar-refractivity contribution in [2.24, 2.45) is 0 Å². The van der Waals surface area contributed by atoms with Crippen molar-refractivity contribution in [2.45, 2.75) is 38.8 Å². The molecule has 0 saturated heterocycles. The molecule has 22 heavy (non-hydrogen) atoms. The van der Waals surface area contributed by atoms with Gasteiger partial charge in [0, 0.05) is 18.0 Å². The number of nitrogens with zero attached hydrogens (tertiary/aromatic N) is 2. The van der Waals surface area contributed by atoms with Gasteiger partial charge in [-0.25, -0.2) is 4.98 Å². The zero-order chi connectivity index (χ0) is 15.5. The first kappa shape index (κ1) is 15.0. The van der Waals surface area contributed by atoms with E-state index in [1.165, 1.54) is 0 Å². The van der Waals surface area contributed by atoms with Crippen molar-refractivity contribution in [3.05, 3.63) is 45.9 Å². The van der Waals surface area contributed by atoms with Crippen LogP contribution in [-0.2, 0) is 17.8 Å². The number of ether oxygens (including phenoxy) is 1. The number of aromatic nitrogens is 1. The number of thiazole rings is 1. The van der Waals surface area contributed by atoms with Crippen LogP contribution in [0.4, 0.5) is 0 Å². The summed E-state index contributed by atoms with van der Waals surface area (Å²) in [6, 6.07) is 8.32. The van der Waals surface area contributed by atoms with Gasteiger partial charge in [0.1, 0.15) is 5.75 Å². The predicted molar refractivity (Wildman–Crippen MR) is 87.1 cm³/mol. The average molecular weight is 316 g/mol. The lowest BCUT2D eigenvalue weighted by Gasteiger charge is -2.22. The van der Waals surface area contributed by atoms with E-state index >= 15 is 0 Å². The molecule has 1 saturated carbocycles. The van der Waals surface area contributed by atoms with E-state index in [0.29, 0.717) is 19.0 Å².